The van der Waals surface area contributed by atoms with Crippen LogP contribution in [0.25, 0.3) is 0 Å². The second kappa shape index (κ2) is 22.7. The number of nitrogens with one attached hydrogen (secondary N) is 6. The number of nitrogens with two attached hydrogens (primary N) is 3. The fraction of sp³-hybridized carbons (Fsp3) is 0.483. The maximum absolute atomic E-state index is 13.3. The van der Waals surface area contributed by atoms with E-state index >= 15 is 0 Å². The van der Waals surface area contributed by atoms with Crippen molar-refractivity contribution in [1.82, 2.24) is 31.9 Å². The zero-order valence-electron chi connectivity index (χ0n) is 27.1. The van der Waals surface area contributed by atoms with Crippen molar-refractivity contribution in [2.75, 3.05) is 32.8 Å². The summed E-state index contributed by atoms with van der Waals surface area (Å²) < 4.78 is 0. The van der Waals surface area contributed by atoms with Crippen LogP contribution in [0.2, 0.25) is 0 Å². The predicted molar refractivity (Wildman–Crippen MR) is 174 cm³/mol. The van der Waals surface area contributed by atoms with Gasteiger partial charge in [0.2, 0.25) is 35.4 Å². The Labute approximate surface area is 286 Å². The Hall–Kier alpha value is -5.83. The average Bonchev–Trinajstić information content (AvgIpc) is 3.07. The third-order valence-electron chi connectivity index (χ3n) is 6.66. The molecule has 0 aliphatic rings. The molecular weight excluding hydrogens is 664 g/mol. The maximum Gasteiger partial charge on any atom is 0.326 e. The Bertz CT molecular complexity index is 1370. The van der Waals surface area contributed by atoms with E-state index in [4.69, 9.17) is 17.2 Å². The summed E-state index contributed by atoms with van der Waals surface area (Å²) in [5.41, 5.74) is 16.4. The molecule has 0 saturated carbocycles. The van der Waals surface area contributed by atoms with Gasteiger partial charge < -0.3 is 64.4 Å². The summed E-state index contributed by atoms with van der Waals surface area (Å²) in [4.78, 5) is 102. The molecule has 4 atom stereocenters. The molecule has 0 aliphatic heterocycles. The first-order valence-electron chi connectivity index (χ1n) is 15.2. The molecule has 0 saturated heterocycles. The second-order valence-electron chi connectivity index (χ2n) is 10.7. The third-order valence-corrected chi connectivity index (χ3v) is 6.66. The first kappa shape index (κ1) is 42.2. The van der Waals surface area contributed by atoms with E-state index in [1.165, 1.54) is 0 Å². The smallest absolute Gasteiger partial charge is 0.326 e. The highest BCUT2D eigenvalue weighted by atomic mass is 16.4. The highest BCUT2D eigenvalue weighted by Crippen LogP contribution is 2.07. The molecule has 0 radical (unpaired) electrons. The molecule has 21 heteroatoms. The molecular formula is C29H44N10O11. The Morgan fingerprint density at radius 2 is 1.28 bits per heavy atom. The van der Waals surface area contributed by atoms with Gasteiger partial charge >= 0.3 is 11.9 Å². The lowest BCUT2D eigenvalue weighted by molar-refractivity contribution is -0.142. The van der Waals surface area contributed by atoms with Gasteiger partial charge in [-0.3, -0.25) is 38.6 Å². The van der Waals surface area contributed by atoms with Gasteiger partial charge in [0.25, 0.3) is 0 Å². The van der Waals surface area contributed by atoms with Gasteiger partial charge in [0.15, 0.2) is 5.96 Å². The highest BCUT2D eigenvalue weighted by Gasteiger charge is 2.30. The molecule has 0 unspecified atom stereocenters. The molecule has 0 aromatic heterocycles. The molecule has 0 heterocycles. The molecule has 1 aromatic carbocycles. The number of aliphatic hydroxyl groups is 1. The zero-order valence-corrected chi connectivity index (χ0v) is 27.1. The number of aliphatic hydroxyl groups excluding tert-OH is 1. The van der Waals surface area contributed by atoms with E-state index in [0.717, 1.165) is 0 Å². The number of amides is 6. The van der Waals surface area contributed by atoms with Gasteiger partial charge in [-0.15, -0.1) is 0 Å². The van der Waals surface area contributed by atoms with Crippen molar-refractivity contribution < 1.29 is 53.7 Å². The van der Waals surface area contributed by atoms with Crippen LogP contribution < -0.4 is 49.1 Å². The number of carboxylic acid groups (broad SMARTS) is 2. The molecule has 6 amide bonds. The summed E-state index contributed by atoms with van der Waals surface area (Å²) >= 11 is 0. The van der Waals surface area contributed by atoms with E-state index < -0.39 is 111 Å². The number of guanidine groups is 1. The summed E-state index contributed by atoms with van der Waals surface area (Å²) in [5, 5.41) is 41.7. The molecule has 0 spiro atoms. The van der Waals surface area contributed by atoms with E-state index in [1.54, 1.807) is 30.3 Å². The number of rotatable bonds is 23. The van der Waals surface area contributed by atoms with E-state index in [9.17, 15) is 53.7 Å². The molecule has 21 nitrogen and oxygen atoms in total. The summed E-state index contributed by atoms with van der Waals surface area (Å²) in [6.07, 6.45) is -1.01. The van der Waals surface area contributed by atoms with Crippen molar-refractivity contribution in [2.45, 2.75) is 56.3 Å². The van der Waals surface area contributed by atoms with Crippen LogP contribution in [0.4, 0.5) is 0 Å². The van der Waals surface area contributed by atoms with Crippen LogP contribution in [0, 0.1) is 0 Å². The number of hydrogen-bond acceptors (Lipinski definition) is 11. The number of carbonyl (C=O) groups is 8. The van der Waals surface area contributed by atoms with Crippen molar-refractivity contribution in [1.29, 1.82) is 0 Å². The normalized spacial score (nSPS) is 12.8. The van der Waals surface area contributed by atoms with Gasteiger partial charge in [0, 0.05) is 19.4 Å². The minimum absolute atomic E-state index is 0.0523. The molecule has 50 heavy (non-hydrogen) atoms. The van der Waals surface area contributed by atoms with Gasteiger partial charge in [0.05, 0.1) is 26.2 Å². The first-order valence-corrected chi connectivity index (χ1v) is 15.2. The van der Waals surface area contributed by atoms with Gasteiger partial charge in [-0.2, -0.15) is 0 Å². The van der Waals surface area contributed by atoms with Crippen LogP contribution in [-0.4, -0.2) is 126 Å². The minimum atomic E-state index is -1.51. The van der Waals surface area contributed by atoms with E-state index in [2.05, 4.69) is 36.9 Å². The van der Waals surface area contributed by atoms with Crippen molar-refractivity contribution in [3.05, 3.63) is 35.9 Å². The Balaban J connectivity index is 2.96. The number of carbonyl (C=O) groups excluding carboxylic acids is 6. The predicted octanol–water partition coefficient (Wildman–Crippen LogP) is -5.65. The highest BCUT2D eigenvalue weighted by molar-refractivity contribution is 5.95. The van der Waals surface area contributed by atoms with Crippen LogP contribution in [0.3, 0.4) is 0 Å². The number of nitrogens with zero attached hydrogens (tertiary/aromatic N) is 1. The minimum Gasteiger partial charge on any atom is -0.481 e. The topological polar surface area (TPSA) is 360 Å². The van der Waals surface area contributed by atoms with Crippen LogP contribution in [0.5, 0.6) is 0 Å². The van der Waals surface area contributed by atoms with Crippen LogP contribution >= 0.6 is 0 Å². The Kier molecular flexibility index (Phi) is 19.1. The van der Waals surface area contributed by atoms with Crippen LogP contribution in [0.15, 0.2) is 35.3 Å². The maximum atomic E-state index is 13.3. The number of aliphatic imine (C=N–C) groups is 1. The van der Waals surface area contributed by atoms with Crippen molar-refractivity contribution in [3.63, 3.8) is 0 Å². The summed E-state index contributed by atoms with van der Waals surface area (Å²) in [6, 6.07) is 2.82. The molecule has 1 rings (SSSR count). The third kappa shape index (κ3) is 17.4. The summed E-state index contributed by atoms with van der Waals surface area (Å²) in [7, 11) is 0. The van der Waals surface area contributed by atoms with Crippen molar-refractivity contribution >= 4 is 53.3 Å². The molecule has 276 valence electrons. The molecule has 0 fully saturated rings. The number of carboxylic acids is 2. The number of aliphatic carboxylic acids is 2. The lowest BCUT2D eigenvalue weighted by Crippen LogP contribution is -2.57. The van der Waals surface area contributed by atoms with Crippen molar-refractivity contribution in [3.8, 4) is 0 Å². The number of benzene rings is 1. The zero-order chi connectivity index (χ0) is 37.6. The van der Waals surface area contributed by atoms with E-state index in [-0.39, 0.29) is 31.8 Å². The first-order chi connectivity index (χ1) is 23.7. The second-order valence-corrected chi connectivity index (χ2v) is 10.7. The summed E-state index contributed by atoms with van der Waals surface area (Å²) in [5.74, 6) is -8.18. The van der Waals surface area contributed by atoms with Gasteiger partial charge in [-0.25, -0.2) is 4.79 Å². The molecule has 15 N–H and O–H groups in total. The SMILES string of the molecule is NCC(=O)N[C@@H](CO)C(=O)NCC(=O)NCC(=O)N[C@@H](CCC(=O)O)C(=O)N[C@@H](CCCN=C(N)N)C(=O)N[C@@H](Cc1ccccc1)C(=O)O. The standard InChI is InChI=1S/C29H44N10O11/c30-12-21(41)37-20(15-40)25(46)35-13-22(42)34-14-23(43)36-18(8-9-24(44)45)27(48)38-17(7-4-10-33-29(31)32)26(47)39-19(28(49)50)11-16-5-2-1-3-6-16/h1-3,5-6,17-20,40H,4,7-15,30H2,(H,34,42)(H,35,46)(H,36,43)(H,37,41)(H,38,48)(H,39,47)(H,44,45)(H,49,50)(H4,31,32,33)/t17-,18-,19-,20-/m0/s1. The quantitative estimate of drug-likeness (QED) is 0.0286. The van der Waals surface area contributed by atoms with Crippen LogP contribution in [0.1, 0.15) is 31.2 Å². The Morgan fingerprint density at radius 1 is 0.700 bits per heavy atom. The summed E-state index contributed by atoms with van der Waals surface area (Å²) in [6.45, 7) is -2.56. The lowest BCUT2D eigenvalue weighted by Gasteiger charge is -2.24. The van der Waals surface area contributed by atoms with E-state index in [0.29, 0.717) is 5.56 Å². The Morgan fingerprint density at radius 3 is 1.84 bits per heavy atom. The molecule has 1 aromatic rings. The fourth-order valence-electron chi connectivity index (χ4n) is 4.13. The van der Waals surface area contributed by atoms with Crippen LogP contribution in [-0.2, 0) is 44.8 Å². The fourth-order valence-corrected chi connectivity index (χ4v) is 4.13. The average molecular weight is 709 g/mol. The van der Waals surface area contributed by atoms with E-state index in [1.807, 2.05) is 0 Å². The van der Waals surface area contributed by atoms with Crippen molar-refractivity contribution in [2.24, 2.45) is 22.2 Å². The number of hydrogen-bond donors (Lipinski definition) is 12. The monoisotopic (exact) mass is 708 g/mol. The molecule has 0 aliphatic carbocycles. The molecule has 0 bridgehead atoms. The largest absolute Gasteiger partial charge is 0.481 e. The lowest BCUT2D eigenvalue weighted by atomic mass is 10.0. The van der Waals surface area contributed by atoms with Gasteiger partial charge in [-0.05, 0) is 24.8 Å². The van der Waals surface area contributed by atoms with Gasteiger partial charge in [0.1, 0.15) is 24.2 Å². The van der Waals surface area contributed by atoms with Gasteiger partial charge in [-0.1, -0.05) is 30.3 Å².